The van der Waals surface area contributed by atoms with E-state index in [0.717, 1.165) is 25.8 Å². The van der Waals surface area contributed by atoms with E-state index < -0.39 is 11.6 Å². The van der Waals surface area contributed by atoms with Gasteiger partial charge in [0.15, 0.2) is 11.6 Å². The molecule has 1 aliphatic heterocycles. The number of hydrogen-bond acceptors (Lipinski definition) is 3. The number of aliphatic hydroxyl groups excluding tert-OH is 1. The van der Waals surface area contributed by atoms with E-state index in [0.29, 0.717) is 12.1 Å². The lowest BCUT2D eigenvalue weighted by Crippen LogP contribution is -2.30. The van der Waals surface area contributed by atoms with Gasteiger partial charge >= 0.3 is 0 Å². The first-order valence-corrected chi connectivity index (χ1v) is 6.73. The average Bonchev–Trinajstić information content (AvgIpc) is 2.87. The van der Waals surface area contributed by atoms with E-state index in [9.17, 15) is 8.78 Å². The minimum absolute atomic E-state index is 0.00300. The quantitative estimate of drug-likeness (QED) is 0.862. The molecular weight excluding hydrogens is 250 g/mol. The minimum atomic E-state index is -0.840. The van der Waals surface area contributed by atoms with Crippen molar-refractivity contribution in [3.05, 3.63) is 29.3 Å². The number of nitrogens with two attached hydrogens (primary N) is 1. The van der Waals surface area contributed by atoms with E-state index in [2.05, 4.69) is 0 Å². The van der Waals surface area contributed by atoms with Gasteiger partial charge in [-0.25, -0.2) is 8.78 Å². The zero-order valence-corrected chi connectivity index (χ0v) is 10.9. The molecule has 1 aromatic carbocycles. The molecule has 1 aliphatic rings. The summed E-state index contributed by atoms with van der Waals surface area (Å²) in [4.78, 5) is 1.91. The summed E-state index contributed by atoms with van der Waals surface area (Å²) in [6.07, 6.45) is 3.41. The van der Waals surface area contributed by atoms with E-state index in [1.54, 1.807) is 12.1 Å². The summed E-state index contributed by atoms with van der Waals surface area (Å²) in [5, 5.41) is 8.88. The molecule has 0 spiro atoms. The third kappa shape index (κ3) is 2.87. The summed E-state index contributed by atoms with van der Waals surface area (Å²) >= 11 is 0. The van der Waals surface area contributed by atoms with Crippen LogP contribution >= 0.6 is 0 Å². The number of aliphatic hydroxyl groups is 1. The van der Waals surface area contributed by atoms with E-state index >= 15 is 0 Å². The van der Waals surface area contributed by atoms with Crippen molar-refractivity contribution in [2.75, 3.05) is 18.1 Å². The second kappa shape index (κ2) is 6.30. The van der Waals surface area contributed by atoms with Crippen molar-refractivity contribution < 1.29 is 13.9 Å². The van der Waals surface area contributed by atoms with Crippen LogP contribution in [0.3, 0.4) is 0 Å². The van der Waals surface area contributed by atoms with E-state index in [4.69, 9.17) is 10.8 Å². The number of nitrogens with zero attached hydrogens (tertiary/aromatic N) is 1. The molecule has 3 N–H and O–H groups in total. The largest absolute Gasteiger partial charge is 0.396 e. The van der Waals surface area contributed by atoms with Gasteiger partial charge in [0.25, 0.3) is 0 Å². The fourth-order valence-corrected chi connectivity index (χ4v) is 2.74. The van der Waals surface area contributed by atoms with Gasteiger partial charge in [0.05, 0.1) is 5.69 Å². The zero-order chi connectivity index (χ0) is 13.8. The minimum Gasteiger partial charge on any atom is -0.396 e. The Hall–Kier alpha value is -1.20. The number of benzene rings is 1. The second-order valence-electron chi connectivity index (χ2n) is 4.93. The first-order chi connectivity index (χ1) is 9.19. The lowest BCUT2D eigenvalue weighted by Gasteiger charge is -2.27. The molecule has 1 heterocycles. The highest BCUT2D eigenvalue weighted by Crippen LogP contribution is 2.32. The molecule has 106 valence electrons. The molecule has 0 amide bonds. The van der Waals surface area contributed by atoms with Crippen LogP contribution in [0.1, 0.15) is 31.2 Å². The Bertz CT molecular complexity index is 440. The molecule has 1 saturated heterocycles. The fourth-order valence-electron chi connectivity index (χ4n) is 2.74. The van der Waals surface area contributed by atoms with Crippen molar-refractivity contribution in [2.45, 2.75) is 38.3 Å². The van der Waals surface area contributed by atoms with Crippen LogP contribution in [0.5, 0.6) is 0 Å². The number of rotatable bonds is 5. The van der Waals surface area contributed by atoms with Crippen LogP contribution in [0.15, 0.2) is 12.1 Å². The van der Waals surface area contributed by atoms with Crippen LogP contribution in [-0.2, 0) is 6.54 Å². The highest BCUT2D eigenvalue weighted by Gasteiger charge is 2.27. The maximum atomic E-state index is 14.1. The van der Waals surface area contributed by atoms with Crippen molar-refractivity contribution in [1.82, 2.24) is 0 Å². The lowest BCUT2D eigenvalue weighted by atomic mass is 10.1. The van der Waals surface area contributed by atoms with Crippen LogP contribution in [0, 0.1) is 11.6 Å². The number of anilines is 1. The van der Waals surface area contributed by atoms with Crippen molar-refractivity contribution >= 4 is 5.69 Å². The third-order valence-electron chi connectivity index (χ3n) is 3.74. The maximum Gasteiger partial charge on any atom is 0.182 e. The van der Waals surface area contributed by atoms with E-state index in [-0.39, 0.29) is 24.8 Å². The molecule has 1 aromatic rings. The summed E-state index contributed by atoms with van der Waals surface area (Å²) in [5.74, 6) is -1.65. The molecule has 3 nitrogen and oxygen atoms in total. The van der Waals surface area contributed by atoms with Gasteiger partial charge in [-0.05, 0) is 31.7 Å². The van der Waals surface area contributed by atoms with Crippen LogP contribution in [0.4, 0.5) is 14.5 Å². The van der Waals surface area contributed by atoms with Gasteiger partial charge in [-0.2, -0.15) is 0 Å². The monoisotopic (exact) mass is 270 g/mol. The smallest absolute Gasteiger partial charge is 0.182 e. The zero-order valence-electron chi connectivity index (χ0n) is 10.9. The molecule has 0 radical (unpaired) electrons. The first kappa shape index (κ1) is 14.2. The Morgan fingerprint density at radius 3 is 2.79 bits per heavy atom. The van der Waals surface area contributed by atoms with E-state index in [1.807, 2.05) is 4.90 Å². The topological polar surface area (TPSA) is 49.5 Å². The molecule has 0 bridgehead atoms. The normalized spacial score (nSPS) is 19.2. The van der Waals surface area contributed by atoms with Gasteiger partial charge in [0.2, 0.25) is 0 Å². The van der Waals surface area contributed by atoms with Gasteiger partial charge in [0.1, 0.15) is 0 Å². The van der Waals surface area contributed by atoms with E-state index in [1.165, 1.54) is 0 Å². The highest BCUT2D eigenvalue weighted by atomic mass is 19.2. The second-order valence-corrected chi connectivity index (χ2v) is 4.93. The summed E-state index contributed by atoms with van der Waals surface area (Å²) in [6, 6.07) is 3.34. The maximum absolute atomic E-state index is 14.1. The number of hydrogen-bond donors (Lipinski definition) is 2. The first-order valence-electron chi connectivity index (χ1n) is 6.73. The number of halogens is 2. The van der Waals surface area contributed by atoms with Crippen molar-refractivity contribution in [2.24, 2.45) is 5.73 Å². The van der Waals surface area contributed by atoms with Crippen molar-refractivity contribution in [1.29, 1.82) is 0 Å². The molecule has 0 aliphatic carbocycles. The molecule has 1 atom stereocenters. The van der Waals surface area contributed by atoms with Gasteiger partial charge < -0.3 is 15.7 Å². The molecule has 19 heavy (non-hydrogen) atoms. The SMILES string of the molecule is NCc1ccc(N2CCCC2CCCO)c(F)c1F. The summed E-state index contributed by atoms with van der Waals surface area (Å²) in [7, 11) is 0. The molecule has 2 rings (SSSR count). The standard InChI is InChI=1S/C14H20F2N2O/c15-13-10(9-17)5-6-12(14(13)16)18-7-1-3-11(18)4-2-8-19/h5-6,11,19H,1-4,7-9,17H2. The van der Waals surface area contributed by atoms with Crippen LogP contribution in [-0.4, -0.2) is 24.3 Å². The van der Waals surface area contributed by atoms with Crippen molar-refractivity contribution in [3.8, 4) is 0 Å². The Morgan fingerprint density at radius 1 is 1.32 bits per heavy atom. The van der Waals surface area contributed by atoms with Gasteiger partial charge in [-0.1, -0.05) is 6.07 Å². The van der Waals surface area contributed by atoms with Gasteiger partial charge in [-0.15, -0.1) is 0 Å². The van der Waals surface area contributed by atoms with Crippen LogP contribution in [0.25, 0.3) is 0 Å². The lowest BCUT2D eigenvalue weighted by molar-refractivity contribution is 0.279. The molecule has 5 heteroatoms. The molecule has 0 aromatic heterocycles. The van der Waals surface area contributed by atoms with Crippen LogP contribution in [0.2, 0.25) is 0 Å². The molecule has 1 unspecified atom stereocenters. The van der Waals surface area contributed by atoms with Crippen LogP contribution < -0.4 is 10.6 Å². The summed E-state index contributed by atoms with van der Waals surface area (Å²) in [6.45, 7) is 0.860. The average molecular weight is 270 g/mol. The summed E-state index contributed by atoms with van der Waals surface area (Å²) < 4.78 is 27.8. The van der Waals surface area contributed by atoms with Gasteiger partial charge in [-0.3, -0.25) is 0 Å². The molecular formula is C14H20F2N2O. The predicted molar refractivity (Wildman–Crippen MR) is 70.9 cm³/mol. The highest BCUT2D eigenvalue weighted by molar-refractivity contribution is 5.51. The Morgan fingerprint density at radius 2 is 2.11 bits per heavy atom. The van der Waals surface area contributed by atoms with Crippen molar-refractivity contribution in [3.63, 3.8) is 0 Å². The Labute approximate surface area is 112 Å². The Balaban J connectivity index is 2.23. The summed E-state index contributed by atoms with van der Waals surface area (Å²) in [5.41, 5.74) is 5.88. The predicted octanol–water partition coefficient (Wildman–Crippen LogP) is 2.16. The molecule has 0 saturated carbocycles. The Kier molecular flexibility index (Phi) is 4.71. The molecule has 1 fully saturated rings. The fraction of sp³-hybridized carbons (Fsp3) is 0.571. The third-order valence-corrected chi connectivity index (χ3v) is 3.74. The van der Waals surface area contributed by atoms with Gasteiger partial charge in [0, 0.05) is 31.3 Å².